The van der Waals surface area contributed by atoms with Crippen molar-refractivity contribution >= 4 is 0 Å². The topological polar surface area (TPSA) is 60.7 Å². The van der Waals surface area contributed by atoms with E-state index in [4.69, 9.17) is 0 Å². The largest absolute Gasteiger partial charge is 0.435 e. The van der Waals surface area contributed by atoms with Crippen molar-refractivity contribution < 1.29 is 41.7 Å². The number of aryl methyl sites for hydroxylation is 2. The lowest BCUT2D eigenvalue weighted by Crippen LogP contribution is -2.53. The van der Waals surface area contributed by atoms with E-state index in [0.717, 1.165) is 0 Å². The van der Waals surface area contributed by atoms with Crippen LogP contribution in [-0.4, -0.2) is 27.6 Å². The predicted octanol–water partition coefficient (Wildman–Crippen LogP) is 6.95. The van der Waals surface area contributed by atoms with Gasteiger partial charge >= 0.3 is 18.0 Å². The van der Waals surface area contributed by atoms with Gasteiger partial charge in [0.2, 0.25) is 0 Å². The van der Waals surface area contributed by atoms with E-state index in [1.165, 1.54) is 30.3 Å². The van der Waals surface area contributed by atoms with Crippen molar-refractivity contribution in [2.24, 2.45) is 0 Å². The molecule has 0 saturated carbocycles. The first-order valence-electron chi connectivity index (χ1n) is 12.8. The lowest BCUT2D eigenvalue weighted by Gasteiger charge is -2.36. The van der Waals surface area contributed by atoms with Crippen molar-refractivity contribution in [2.75, 3.05) is 0 Å². The summed E-state index contributed by atoms with van der Waals surface area (Å²) in [6.45, 7) is 2.84. The van der Waals surface area contributed by atoms with Crippen LogP contribution in [0.5, 0.6) is 0 Å². The highest BCUT2D eigenvalue weighted by Crippen LogP contribution is 2.55. The second kappa shape index (κ2) is 12.1. The Morgan fingerprint density at radius 2 is 1.33 bits per heavy atom. The van der Waals surface area contributed by atoms with Crippen LogP contribution in [0.4, 0.5) is 26.3 Å². The van der Waals surface area contributed by atoms with Crippen LogP contribution in [0.3, 0.4) is 0 Å². The van der Waals surface area contributed by atoms with Gasteiger partial charge in [-0.1, -0.05) is 74.9 Å². The number of benzene rings is 3. The van der Waals surface area contributed by atoms with Crippen LogP contribution >= 0.6 is 0 Å². The van der Waals surface area contributed by atoms with E-state index in [1.807, 2.05) is 0 Å². The van der Waals surface area contributed by atoms with Crippen molar-refractivity contribution in [3.8, 4) is 11.1 Å². The number of halogens is 6. The van der Waals surface area contributed by atoms with Crippen molar-refractivity contribution in [2.45, 2.75) is 77.1 Å². The average Bonchev–Trinajstić information content (AvgIpc) is 2.90. The summed E-state index contributed by atoms with van der Waals surface area (Å²) < 4.78 is 88.1. The molecule has 3 rings (SSSR count). The maximum absolute atomic E-state index is 16.2. The molecule has 212 valence electrons. The Hall–Kier alpha value is -2.88. The zero-order chi connectivity index (χ0) is 29.0. The Balaban J connectivity index is 2.40. The van der Waals surface area contributed by atoms with Crippen LogP contribution in [0.2, 0.25) is 0 Å². The molecular formula is C30H32F6O3. The molecule has 3 aromatic carbocycles. The average molecular weight is 555 g/mol. The molecule has 0 aliphatic heterocycles. The van der Waals surface area contributed by atoms with Gasteiger partial charge in [-0.25, -0.2) is 4.39 Å². The fourth-order valence-electron chi connectivity index (χ4n) is 5.10. The molecule has 0 amide bonds. The minimum atomic E-state index is -6.15. The molecule has 3 N–H and O–H groups in total. The van der Waals surface area contributed by atoms with Gasteiger partial charge in [0.1, 0.15) is 0 Å². The highest BCUT2D eigenvalue weighted by molar-refractivity contribution is 5.73. The Labute approximate surface area is 223 Å². The SMILES string of the molecule is CCCc1c(CC)cc(-c2ccccc2)c(C(F)(C(O)(F)F)C(F)(F)F)c1CCc1ccc(CO)c(CO)c1. The van der Waals surface area contributed by atoms with Gasteiger partial charge in [0.15, 0.2) is 0 Å². The van der Waals surface area contributed by atoms with Gasteiger partial charge in [0.25, 0.3) is 0 Å². The maximum Gasteiger partial charge on any atom is 0.435 e. The molecule has 1 atom stereocenters. The molecule has 3 aromatic rings. The zero-order valence-corrected chi connectivity index (χ0v) is 21.8. The zero-order valence-electron chi connectivity index (χ0n) is 21.8. The van der Waals surface area contributed by atoms with E-state index in [1.54, 1.807) is 38.1 Å². The second-order valence-electron chi connectivity index (χ2n) is 9.50. The van der Waals surface area contributed by atoms with Crippen LogP contribution in [0.1, 0.15) is 59.2 Å². The Morgan fingerprint density at radius 3 is 1.85 bits per heavy atom. The van der Waals surface area contributed by atoms with E-state index >= 15 is 4.39 Å². The summed E-state index contributed by atoms with van der Waals surface area (Å²) >= 11 is 0. The van der Waals surface area contributed by atoms with Gasteiger partial charge in [-0.15, -0.1) is 0 Å². The molecule has 0 heterocycles. The van der Waals surface area contributed by atoms with E-state index < -0.39 is 30.1 Å². The number of alkyl halides is 6. The van der Waals surface area contributed by atoms with Gasteiger partial charge in [-0.05, 0) is 70.2 Å². The fourth-order valence-corrected chi connectivity index (χ4v) is 5.10. The van der Waals surface area contributed by atoms with Crippen LogP contribution in [0.15, 0.2) is 54.6 Å². The summed E-state index contributed by atoms with van der Waals surface area (Å²) in [7, 11) is 0. The van der Waals surface area contributed by atoms with Gasteiger partial charge in [0.05, 0.1) is 13.2 Å². The molecule has 1 unspecified atom stereocenters. The Kier molecular flexibility index (Phi) is 9.51. The molecule has 0 aromatic heterocycles. The van der Waals surface area contributed by atoms with Crippen LogP contribution in [0.25, 0.3) is 11.1 Å². The predicted molar refractivity (Wildman–Crippen MR) is 137 cm³/mol. The highest BCUT2D eigenvalue weighted by Gasteiger charge is 2.73. The summed E-state index contributed by atoms with van der Waals surface area (Å²) in [6, 6.07) is 13.5. The molecule has 0 radical (unpaired) electrons. The summed E-state index contributed by atoms with van der Waals surface area (Å²) in [5.74, 6) is 0. The third-order valence-electron chi connectivity index (χ3n) is 7.03. The molecule has 0 aliphatic carbocycles. The molecule has 0 aliphatic rings. The smallest absolute Gasteiger partial charge is 0.392 e. The Morgan fingerprint density at radius 1 is 0.692 bits per heavy atom. The first-order valence-corrected chi connectivity index (χ1v) is 12.8. The van der Waals surface area contributed by atoms with Crippen molar-refractivity contribution in [1.29, 1.82) is 0 Å². The lowest BCUT2D eigenvalue weighted by atomic mass is 9.77. The van der Waals surface area contributed by atoms with Crippen LogP contribution < -0.4 is 0 Å². The van der Waals surface area contributed by atoms with E-state index in [9.17, 15) is 37.3 Å². The van der Waals surface area contributed by atoms with Gasteiger partial charge in [-0.3, -0.25) is 0 Å². The van der Waals surface area contributed by atoms with Gasteiger partial charge in [-0.2, -0.15) is 22.0 Å². The van der Waals surface area contributed by atoms with Gasteiger partial charge in [0, 0.05) is 5.56 Å². The molecule has 0 fully saturated rings. The molecule has 9 heteroatoms. The second-order valence-corrected chi connectivity index (χ2v) is 9.50. The standard InChI is InChI=1S/C30H32F6O3/c1-3-8-24-20(4-2)16-26(21-9-6-5-7-10-21)27(28(31,29(32,33)34)30(35,36)39)25(24)14-12-19-11-13-22(17-37)23(15-19)18-38/h5-7,9-11,13,15-16,37-39H,3-4,8,12,14,17-18H2,1-2H3. The molecule has 3 nitrogen and oxygen atoms in total. The molecular weight excluding hydrogens is 522 g/mol. The number of rotatable bonds is 11. The number of hydrogen-bond donors (Lipinski definition) is 3. The van der Waals surface area contributed by atoms with Crippen molar-refractivity contribution in [3.63, 3.8) is 0 Å². The minimum absolute atomic E-state index is 0.0365. The summed E-state index contributed by atoms with van der Waals surface area (Å²) in [4.78, 5) is 0. The quantitative estimate of drug-likeness (QED) is 0.225. The first kappa shape index (κ1) is 30.7. The summed E-state index contributed by atoms with van der Waals surface area (Å²) in [5.41, 5.74) is -4.76. The summed E-state index contributed by atoms with van der Waals surface area (Å²) in [5, 5.41) is 28.6. The minimum Gasteiger partial charge on any atom is -0.392 e. The van der Waals surface area contributed by atoms with Gasteiger partial charge < -0.3 is 15.3 Å². The number of aliphatic hydroxyl groups excluding tert-OH is 2. The normalized spacial score (nSPS) is 13.9. The monoisotopic (exact) mass is 554 g/mol. The van der Waals surface area contributed by atoms with E-state index in [2.05, 4.69) is 0 Å². The third kappa shape index (κ3) is 6.00. The van der Waals surface area contributed by atoms with Crippen LogP contribution in [0, 0.1) is 0 Å². The summed E-state index contributed by atoms with van der Waals surface area (Å²) in [6.07, 6.45) is -11.1. The van der Waals surface area contributed by atoms with Crippen LogP contribution in [-0.2, 0) is 44.6 Å². The maximum atomic E-state index is 16.2. The van der Waals surface area contributed by atoms with E-state index in [0.29, 0.717) is 40.7 Å². The van der Waals surface area contributed by atoms with Crippen molar-refractivity contribution in [3.05, 3.63) is 93.5 Å². The lowest BCUT2D eigenvalue weighted by molar-refractivity contribution is -0.375. The third-order valence-corrected chi connectivity index (χ3v) is 7.03. The number of hydrogen-bond acceptors (Lipinski definition) is 3. The number of aliphatic hydroxyl groups is 3. The highest BCUT2D eigenvalue weighted by atomic mass is 19.4. The molecule has 39 heavy (non-hydrogen) atoms. The van der Waals surface area contributed by atoms with Crippen molar-refractivity contribution in [1.82, 2.24) is 0 Å². The fraction of sp³-hybridized carbons (Fsp3) is 0.400. The van der Waals surface area contributed by atoms with E-state index in [-0.39, 0.29) is 42.6 Å². The first-order chi connectivity index (χ1) is 18.3. The molecule has 0 spiro atoms. The Bertz CT molecular complexity index is 1250. The molecule has 0 bridgehead atoms. The molecule has 0 saturated heterocycles.